The SMILES string of the molecule is CNc1ncc(S(=O)(=O)Nc2cccc(SC)c2)cc1Cl. The van der Waals surface area contributed by atoms with Crippen LogP contribution in [-0.4, -0.2) is 26.7 Å². The van der Waals surface area contributed by atoms with Gasteiger partial charge >= 0.3 is 0 Å². The molecule has 5 nitrogen and oxygen atoms in total. The molecule has 0 unspecified atom stereocenters. The van der Waals surface area contributed by atoms with E-state index in [0.717, 1.165) is 4.90 Å². The number of nitrogens with one attached hydrogen (secondary N) is 2. The highest BCUT2D eigenvalue weighted by Gasteiger charge is 2.16. The molecular weight excluding hydrogens is 330 g/mol. The summed E-state index contributed by atoms with van der Waals surface area (Å²) in [5.41, 5.74) is 0.496. The lowest BCUT2D eigenvalue weighted by atomic mass is 10.3. The van der Waals surface area contributed by atoms with Gasteiger partial charge in [-0.1, -0.05) is 17.7 Å². The molecule has 2 rings (SSSR count). The van der Waals surface area contributed by atoms with Crippen molar-refractivity contribution in [3.8, 4) is 0 Å². The van der Waals surface area contributed by atoms with Crippen molar-refractivity contribution in [1.82, 2.24) is 4.98 Å². The Hall–Kier alpha value is -1.44. The van der Waals surface area contributed by atoms with Crippen molar-refractivity contribution in [3.63, 3.8) is 0 Å². The number of aromatic nitrogens is 1. The number of hydrogen-bond acceptors (Lipinski definition) is 5. The first kappa shape index (κ1) is 15.9. The summed E-state index contributed by atoms with van der Waals surface area (Å²) in [6.07, 6.45) is 3.19. The van der Waals surface area contributed by atoms with E-state index in [2.05, 4.69) is 15.0 Å². The molecule has 0 amide bonds. The average Bonchev–Trinajstić information content (AvgIpc) is 2.47. The van der Waals surface area contributed by atoms with Crippen LogP contribution < -0.4 is 10.0 Å². The molecule has 0 aliphatic heterocycles. The van der Waals surface area contributed by atoms with Gasteiger partial charge in [-0.05, 0) is 30.5 Å². The molecule has 0 aliphatic rings. The molecule has 0 bridgehead atoms. The van der Waals surface area contributed by atoms with E-state index < -0.39 is 10.0 Å². The standard InChI is InChI=1S/C13H14ClN3O2S2/c1-15-13-12(14)7-11(8-16-13)21(18,19)17-9-4-3-5-10(6-9)20-2/h3-8,17H,1-2H3,(H,15,16). The fourth-order valence-corrected chi connectivity index (χ4v) is 3.46. The number of nitrogens with zero attached hydrogens (tertiary/aromatic N) is 1. The third-order valence-electron chi connectivity index (χ3n) is 2.69. The highest BCUT2D eigenvalue weighted by Crippen LogP contribution is 2.25. The average molecular weight is 344 g/mol. The topological polar surface area (TPSA) is 71.1 Å². The fourth-order valence-electron chi connectivity index (χ4n) is 1.65. The first-order valence-electron chi connectivity index (χ1n) is 5.96. The van der Waals surface area contributed by atoms with E-state index in [-0.39, 0.29) is 9.92 Å². The number of thioether (sulfide) groups is 1. The molecule has 2 aromatic rings. The number of halogens is 1. The number of sulfonamides is 1. The van der Waals surface area contributed by atoms with Crippen LogP contribution in [0.15, 0.2) is 46.3 Å². The van der Waals surface area contributed by atoms with Gasteiger partial charge in [-0.15, -0.1) is 11.8 Å². The van der Waals surface area contributed by atoms with Gasteiger partial charge in [-0.2, -0.15) is 0 Å². The van der Waals surface area contributed by atoms with Crippen LogP contribution in [0, 0.1) is 0 Å². The molecule has 0 atom stereocenters. The zero-order chi connectivity index (χ0) is 15.5. The Balaban J connectivity index is 2.31. The molecular formula is C13H14ClN3O2S2. The minimum absolute atomic E-state index is 0.0149. The lowest BCUT2D eigenvalue weighted by Crippen LogP contribution is -2.13. The predicted molar refractivity (Wildman–Crippen MR) is 87.8 cm³/mol. The molecule has 112 valence electrons. The van der Waals surface area contributed by atoms with Gasteiger partial charge in [0.1, 0.15) is 10.7 Å². The molecule has 0 spiro atoms. The van der Waals surface area contributed by atoms with Crippen LogP contribution in [0.2, 0.25) is 5.02 Å². The van der Waals surface area contributed by atoms with Crippen LogP contribution in [0.5, 0.6) is 0 Å². The highest BCUT2D eigenvalue weighted by atomic mass is 35.5. The molecule has 21 heavy (non-hydrogen) atoms. The quantitative estimate of drug-likeness (QED) is 0.815. The molecule has 0 saturated heterocycles. The summed E-state index contributed by atoms with van der Waals surface area (Å²) in [5.74, 6) is 0.431. The first-order valence-corrected chi connectivity index (χ1v) is 9.05. The zero-order valence-corrected chi connectivity index (χ0v) is 13.8. The Morgan fingerprint density at radius 2 is 2.05 bits per heavy atom. The highest BCUT2D eigenvalue weighted by molar-refractivity contribution is 7.98. The van der Waals surface area contributed by atoms with Gasteiger partial charge in [-0.25, -0.2) is 13.4 Å². The van der Waals surface area contributed by atoms with Crippen molar-refractivity contribution in [2.24, 2.45) is 0 Å². The smallest absolute Gasteiger partial charge is 0.263 e. The van der Waals surface area contributed by atoms with Crippen LogP contribution in [0.4, 0.5) is 11.5 Å². The van der Waals surface area contributed by atoms with Crippen molar-refractivity contribution < 1.29 is 8.42 Å². The first-order chi connectivity index (χ1) is 9.96. The Bertz CT molecular complexity index is 751. The lowest BCUT2D eigenvalue weighted by molar-refractivity contribution is 0.601. The third-order valence-corrected chi connectivity index (χ3v) is 5.05. The molecule has 1 aromatic carbocycles. The van der Waals surface area contributed by atoms with Gasteiger partial charge < -0.3 is 5.32 Å². The Kier molecular flexibility index (Phi) is 4.97. The van der Waals surface area contributed by atoms with Gasteiger partial charge in [0.15, 0.2) is 0 Å². The maximum Gasteiger partial charge on any atom is 0.263 e. The Morgan fingerprint density at radius 1 is 1.29 bits per heavy atom. The fraction of sp³-hybridized carbons (Fsp3) is 0.154. The number of hydrogen-bond donors (Lipinski definition) is 2. The maximum absolute atomic E-state index is 12.3. The van der Waals surface area contributed by atoms with E-state index in [4.69, 9.17) is 11.6 Å². The molecule has 0 aliphatic carbocycles. The molecule has 0 saturated carbocycles. The normalized spacial score (nSPS) is 11.2. The molecule has 0 radical (unpaired) electrons. The molecule has 1 heterocycles. The van der Waals surface area contributed by atoms with Gasteiger partial charge in [0.2, 0.25) is 0 Å². The minimum Gasteiger partial charge on any atom is -0.372 e. The summed E-state index contributed by atoms with van der Waals surface area (Å²) in [4.78, 5) is 4.96. The van der Waals surface area contributed by atoms with Gasteiger partial charge in [0, 0.05) is 23.8 Å². The van der Waals surface area contributed by atoms with Gasteiger partial charge in [-0.3, -0.25) is 4.72 Å². The second kappa shape index (κ2) is 6.55. The Labute approximate surface area is 133 Å². The monoisotopic (exact) mass is 343 g/mol. The van der Waals surface area contributed by atoms with Crippen molar-refractivity contribution in [3.05, 3.63) is 41.6 Å². The van der Waals surface area contributed by atoms with Crippen molar-refractivity contribution in [1.29, 1.82) is 0 Å². The zero-order valence-electron chi connectivity index (χ0n) is 11.4. The summed E-state index contributed by atoms with van der Waals surface area (Å²) in [7, 11) is -2.06. The molecule has 0 fully saturated rings. The van der Waals surface area contributed by atoms with Crippen LogP contribution in [0.25, 0.3) is 0 Å². The van der Waals surface area contributed by atoms with Crippen molar-refractivity contribution >= 4 is 44.9 Å². The second-order valence-corrected chi connectivity index (χ2v) is 7.06. The lowest BCUT2D eigenvalue weighted by Gasteiger charge is -2.10. The largest absolute Gasteiger partial charge is 0.372 e. The minimum atomic E-state index is -3.72. The van der Waals surface area contributed by atoms with Crippen LogP contribution in [-0.2, 0) is 10.0 Å². The third kappa shape index (κ3) is 3.81. The maximum atomic E-state index is 12.3. The van der Waals surface area contributed by atoms with E-state index in [9.17, 15) is 8.42 Å². The van der Waals surface area contributed by atoms with E-state index in [1.54, 1.807) is 25.2 Å². The number of pyridine rings is 1. The molecule has 8 heteroatoms. The van der Waals surface area contributed by atoms with E-state index in [1.165, 1.54) is 24.0 Å². The number of anilines is 2. The van der Waals surface area contributed by atoms with E-state index in [1.807, 2.05) is 12.3 Å². The summed E-state index contributed by atoms with van der Waals surface area (Å²) in [5, 5.41) is 3.03. The van der Waals surface area contributed by atoms with Crippen LogP contribution in [0.3, 0.4) is 0 Å². The Morgan fingerprint density at radius 3 is 2.67 bits per heavy atom. The van der Waals surface area contributed by atoms with Crippen LogP contribution >= 0.6 is 23.4 Å². The van der Waals surface area contributed by atoms with E-state index >= 15 is 0 Å². The predicted octanol–water partition coefficient (Wildman–Crippen LogP) is 3.30. The van der Waals surface area contributed by atoms with Crippen molar-refractivity contribution in [2.75, 3.05) is 23.3 Å². The van der Waals surface area contributed by atoms with Crippen molar-refractivity contribution in [2.45, 2.75) is 9.79 Å². The van der Waals surface area contributed by atoms with Gasteiger partial charge in [0.05, 0.1) is 5.02 Å². The molecule has 1 aromatic heterocycles. The summed E-state index contributed by atoms with van der Waals surface area (Å²) in [6, 6.07) is 8.51. The second-order valence-electron chi connectivity index (χ2n) is 4.09. The van der Waals surface area contributed by atoms with Gasteiger partial charge in [0.25, 0.3) is 10.0 Å². The number of benzene rings is 1. The molecule has 2 N–H and O–H groups in total. The number of rotatable bonds is 5. The summed E-state index contributed by atoms with van der Waals surface area (Å²) in [6.45, 7) is 0. The summed E-state index contributed by atoms with van der Waals surface area (Å²) < 4.78 is 27.1. The van der Waals surface area contributed by atoms with Crippen LogP contribution in [0.1, 0.15) is 0 Å². The summed E-state index contributed by atoms with van der Waals surface area (Å²) >= 11 is 7.50. The van der Waals surface area contributed by atoms with E-state index in [0.29, 0.717) is 11.5 Å².